The largest absolute Gasteiger partial charge is 0.352 e. The van der Waals surface area contributed by atoms with E-state index in [1.165, 1.54) is 41.6 Å². The van der Waals surface area contributed by atoms with E-state index in [0.29, 0.717) is 5.69 Å². The Kier molecular flexibility index (Phi) is 6.26. The van der Waals surface area contributed by atoms with Gasteiger partial charge in [0.05, 0.1) is 5.69 Å². The number of hydrogen-bond acceptors (Lipinski definition) is 4. The van der Waals surface area contributed by atoms with Gasteiger partial charge in [0.2, 0.25) is 20.9 Å². The van der Waals surface area contributed by atoms with Gasteiger partial charge in [-0.05, 0) is 31.0 Å². The highest BCUT2D eigenvalue weighted by Gasteiger charge is 2.26. The van der Waals surface area contributed by atoms with Crippen LogP contribution in [0.2, 0.25) is 0 Å². The molecular weight excluding hydrogens is 369 g/mol. The molecule has 1 saturated carbocycles. The number of benzene rings is 1. The minimum Gasteiger partial charge on any atom is -0.352 e. The molecule has 1 aliphatic rings. The average Bonchev–Trinajstić information content (AvgIpc) is 3.07. The Hall–Kier alpha value is -2.22. The molecule has 0 bridgehead atoms. The Morgan fingerprint density at radius 3 is 2.59 bits per heavy atom. The Bertz CT molecular complexity index is 887. The van der Waals surface area contributed by atoms with Crippen LogP contribution in [0.5, 0.6) is 0 Å². The molecule has 0 radical (unpaired) electrons. The Morgan fingerprint density at radius 2 is 1.89 bits per heavy atom. The van der Waals surface area contributed by atoms with E-state index in [1.807, 2.05) is 0 Å². The van der Waals surface area contributed by atoms with Crippen LogP contribution in [0.15, 0.2) is 41.8 Å². The second kappa shape index (κ2) is 8.65. The van der Waals surface area contributed by atoms with Crippen LogP contribution in [0.4, 0.5) is 4.39 Å². The first kappa shape index (κ1) is 19.5. The van der Waals surface area contributed by atoms with Crippen molar-refractivity contribution < 1.29 is 17.6 Å². The number of halogens is 1. The Balaban J connectivity index is 1.71. The summed E-state index contributed by atoms with van der Waals surface area (Å²) in [6.45, 7) is 0. The molecule has 1 aromatic heterocycles. The summed E-state index contributed by atoms with van der Waals surface area (Å²) in [6.07, 6.45) is 10.1. The second-order valence-corrected chi connectivity index (χ2v) is 8.81. The third-order valence-corrected chi connectivity index (χ3v) is 6.26. The van der Waals surface area contributed by atoms with Crippen LogP contribution in [-0.2, 0) is 14.6 Å². The summed E-state index contributed by atoms with van der Waals surface area (Å²) < 4.78 is 40.2. The molecule has 6 nitrogen and oxygen atoms in total. The van der Waals surface area contributed by atoms with Crippen molar-refractivity contribution in [1.82, 2.24) is 14.9 Å². The first-order valence-corrected chi connectivity index (χ1v) is 10.9. The number of hydrogen-bond donors (Lipinski definition) is 1. The Labute approximate surface area is 158 Å². The maximum Gasteiger partial charge on any atom is 0.235 e. The third-order valence-electron chi connectivity index (χ3n) is 4.76. The maximum atomic E-state index is 13.5. The number of sulfone groups is 1. The average molecular weight is 393 g/mol. The number of nitrogens with one attached hydrogen (secondary N) is 1. The second-order valence-electron chi connectivity index (χ2n) is 6.93. The molecular formula is C19H24FN3O3S. The van der Waals surface area contributed by atoms with E-state index >= 15 is 0 Å². The van der Waals surface area contributed by atoms with Crippen molar-refractivity contribution in [3.8, 4) is 5.69 Å². The molecule has 0 spiro atoms. The van der Waals surface area contributed by atoms with E-state index in [-0.39, 0.29) is 11.2 Å². The molecule has 1 aliphatic carbocycles. The molecule has 3 rings (SSSR count). The van der Waals surface area contributed by atoms with E-state index in [0.717, 1.165) is 38.5 Å². The van der Waals surface area contributed by atoms with Crippen molar-refractivity contribution in [2.24, 2.45) is 0 Å². The smallest absolute Gasteiger partial charge is 0.235 e. The monoisotopic (exact) mass is 393 g/mol. The summed E-state index contributed by atoms with van der Waals surface area (Å²) in [7, 11) is -3.96. The zero-order chi connectivity index (χ0) is 19.3. The molecule has 1 heterocycles. The van der Waals surface area contributed by atoms with Crippen LogP contribution >= 0.6 is 0 Å². The fourth-order valence-corrected chi connectivity index (χ4v) is 4.69. The van der Waals surface area contributed by atoms with Gasteiger partial charge in [-0.2, -0.15) is 0 Å². The summed E-state index contributed by atoms with van der Waals surface area (Å²) in [4.78, 5) is 16.2. The van der Waals surface area contributed by atoms with Crippen LogP contribution in [0.1, 0.15) is 44.9 Å². The predicted molar refractivity (Wildman–Crippen MR) is 99.8 cm³/mol. The van der Waals surface area contributed by atoms with Crippen molar-refractivity contribution in [2.75, 3.05) is 5.75 Å². The number of carbonyl (C=O) groups excluding carboxylic acids is 1. The van der Waals surface area contributed by atoms with Gasteiger partial charge in [-0.15, -0.1) is 0 Å². The molecule has 0 saturated heterocycles. The molecule has 0 unspecified atom stereocenters. The zero-order valence-electron chi connectivity index (χ0n) is 15.1. The molecule has 146 valence electrons. The topological polar surface area (TPSA) is 81.1 Å². The highest BCUT2D eigenvalue weighted by molar-refractivity contribution is 7.92. The molecule has 1 amide bonds. The summed E-state index contributed by atoms with van der Waals surface area (Å²) in [6, 6.07) is 5.59. The van der Waals surface area contributed by atoms with Crippen molar-refractivity contribution in [3.05, 3.63) is 42.5 Å². The standard InChI is InChI=1S/C19H24FN3O3S/c20-15-7-6-10-17(13-15)23-12-11-21-19(23)27(25,26)14-18(24)22-16-8-4-2-1-3-5-9-16/h6-7,10-13,16H,1-5,8-9,14H2,(H,22,24). The normalized spacial score (nSPS) is 16.5. The van der Waals surface area contributed by atoms with Crippen LogP contribution in [0, 0.1) is 5.82 Å². The first-order chi connectivity index (χ1) is 13.0. The van der Waals surface area contributed by atoms with E-state index in [2.05, 4.69) is 10.3 Å². The van der Waals surface area contributed by atoms with Crippen molar-refractivity contribution >= 4 is 15.7 Å². The molecule has 27 heavy (non-hydrogen) atoms. The van der Waals surface area contributed by atoms with Crippen LogP contribution in [-0.4, -0.2) is 35.7 Å². The van der Waals surface area contributed by atoms with Gasteiger partial charge < -0.3 is 5.32 Å². The van der Waals surface area contributed by atoms with Crippen molar-refractivity contribution in [1.29, 1.82) is 0 Å². The summed E-state index contributed by atoms with van der Waals surface area (Å²) >= 11 is 0. The number of nitrogens with zero attached hydrogens (tertiary/aromatic N) is 2. The number of imidazole rings is 1. The summed E-state index contributed by atoms with van der Waals surface area (Å²) in [5.41, 5.74) is 0.339. The Morgan fingerprint density at radius 1 is 1.19 bits per heavy atom. The van der Waals surface area contributed by atoms with Gasteiger partial charge in [0, 0.05) is 18.4 Å². The van der Waals surface area contributed by atoms with Gasteiger partial charge in [-0.25, -0.2) is 17.8 Å². The molecule has 2 aromatic rings. The number of amides is 1. The van der Waals surface area contributed by atoms with E-state index in [9.17, 15) is 17.6 Å². The van der Waals surface area contributed by atoms with E-state index in [4.69, 9.17) is 0 Å². The molecule has 1 fully saturated rings. The molecule has 1 aromatic carbocycles. The van der Waals surface area contributed by atoms with Crippen molar-refractivity contribution in [3.63, 3.8) is 0 Å². The summed E-state index contributed by atoms with van der Waals surface area (Å²) in [5.74, 6) is -1.67. The fraction of sp³-hybridized carbons (Fsp3) is 0.474. The van der Waals surface area contributed by atoms with Gasteiger partial charge in [0.15, 0.2) is 0 Å². The lowest BCUT2D eigenvalue weighted by Crippen LogP contribution is -2.39. The van der Waals surface area contributed by atoms with E-state index in [1.54, 1.807) is 6.07 Å². The SMILES string of the molecule is O=C(CS(=O)(=O)c1nccn1-c1cccc(F)c1)NC1CCCCCCC1. The first-order valence-electron chi connectivity index (χ1n) is 9.27. The minimum absolute atomic E-state index is 0.0240. The lowest BCUT2D eigenvalue weighted by molar-refractivity contribution is -0.119. The van der Waals surface area contributed by atoms with Crippen LogP contribution in [0.3, 0.4) is 0 Å². The molecule has 8 heteroatoms. The van der Waals surface area contributed by atoms with Gasteiger partial charge in [0.1, 0.15) is 11.6 Å². The zero-order valence-corrected chi connectivity index (χ0v) is 15.9. The van der Waals surface area contributed by atoms with Crippen molar-refractivity contribution in [2.45, 2.75) is 56.1 Å². The lowest BCUT2D eigenvalue weighted by Gasteiger charge is -2.21. The number of carbonyl (C=O) groups is 1. The summed E-state index contributed by atoms with van der Waals surface area (Å²) in [5, 5.41) is 2.59. The fourth-order valence-electron chi connectivity index (χ4n) is 3.45. The lowest BCUT2D eigenvalue weighted by atomic mass is 9.97. The maximum absolute atomic E-state index is 13.5. The van der Waals surface area contributed by atoms with Gasteiger partial charge >= 0.3 is 0 Å². The molecule has 0 atom stereocenters. The minimum atomic E-state index is -3.96. The van der Waals surface area contributed by atoms with Gasteiger partial charge in [-0.1, -0.05) is 38.2 Å². The highest BCUT2D eigenvalue weighted by atomic mass is 32.2. The quantitative estimate of drug-likeness (QED) is 0.847. The third kappa shape index (κ3) is 5.15. The van der Waals surface area contributed by atoms with Gasteiger partial charge in [0.25, 0.3) is 0 Å². The number of rotatable bonds is 5. The van der Waals surface area contributed by atoms with Gasteiger partial charge in [-0.3, -0.25) is 9.36 Å². The van der Waals surface area contributed by atoms with Crippen LogP contribution < -0.4 is 5.32 Å². The number of aromatic nitrogens is 2. The highest BCUT2D eigenvalue weighted by Crippen LogP contribution is 2.19. The van der Waals surface area contributed by atoms with E-state index < -0.39 is 27.3 Å². The molecule has 0 aliphatic heterocycles. The predicted octanol–water partition coefficient (Wildman–Crippen LogP) is 3.01. The van der Waals surface area contributed by atoms with Crippen LogP contribution in [0.25, 0.3) is 5.69 Å². The molecule has 1 N–H and O–H groups in total.